The Hall–Kier alpha value is -0.770. The van der Waals surface area contributed by atoms with Crippen molar-refractivity contribution in [2.75, 3.05) is 13.7 Å². The van der Waals surface area contributed by atoms with Crippen molar-refractivity contribution in [3.63, 3.8) is 0 Å². The highest BCUT2D eigenvalue weighted by molar-refractivity contribution is 5.69. The lowest BCUT2D eigenvalue weighted by Gasteiger charge is -2.45. The lowest BCUT2D eigenvalue weighted by Crippen LogP contribution is -2.62. The van der Waals surface area contributed by atoms with Crippen LogP contribution in [0.15, 0.2) is 0 Å². The first-order valence-electron chi connectivity index (χ1n) is 4.87. The molecular weight excluding hydrogens is 182 g/mol. The van der Waals surface area contributed by atoms with Gasteiger partial charge in [0.15, 0.2) is 0 Å². The van der Waals surface area contributed by atoms with E-state index in [1.165, 1.54) is 0 Å². The van der Waals surface area contributed by atoms with Gasteiger partial charge in [0.25, 0.3) is 0 Å². The zero-order chi connectivity index (χ0) is 10.9. The molecule has 0 N–H and O–H groups in total. The largest absolute Gasteiger partial charge is 0.444 e. The maximum Gasteiger partial charge on any atom is 0.410 e. The van der Waals surface area contributed by atoms with Crippen LogP contribution in [0.2, 0.25) is 0 Å². The molecular formula is C10H19NO3. The number of rotatable bonds is 1. The second-order valence-electron chi connectivity index (χ2n) is 4.65. The molecule has 4 heteroatoms. The number of carbonyl (C=O) groups excluding carboxylic acids is 1. The molecule has 0 radical (unpaired) electrons. The van der Waals surface area contributed by atoms with Crippen molar-refractivity contribution in [2.24, 2.45) is 0 Å². The molecule has 0 aromatic heterocycles. The van der Waals surface area contributed by atoms with Gasteiger partial charge in [-0.1, -0.05) is 0 Å². The molecule has 0 spiro atoms. The van der Waals surface area contributed by atoms with Gasteiger partial charge in [-0.2, -0.15) is 0 Å². The number of carbonyl (C=O) groups is 1. The van der Waals surface area contributed by atoms with Crippen LogP contribution in [0, 0.1) is 0 Å². The highest BCUT2D eigenvalue weighted by atomic mass is 16.6. The molecule has 0 bridgehead atoms. The number of hydrogen-bond acceptors (Lipinski definition) is 3. The highest BCUT2D eigenvalue weighted by Gasteiger charge is 2.40. The molecule has 14 heavy (non-hydrogen) atoms. The summed E-state index contributed by atoms with van der Waals surface area (Å²) in [6.45, 7) is 8.18. The second-order valence-corrected chi connectivity index (χ2v) is 4.65. The molecule has 0 saturated carbocycles. The molecule has 82 valence electrons. The molecule has 1 fully saturated rings. The molecule has 0 aliphatic carbocycles. The average molecular weight is 201 g/mol. The SMILES string of the molecule is CO[C@H]1CN(C(=O)OC(C)(C)C)[C@@H]1C. The summed E-state index contributed by atoms with van der Waals surface area (Å²) in [4.78, 5) is 13.2. The molecule has 2 atom stereocenters. The Morgan fingerprint density at radius 1 is 1.43 bits per heavy atom. The summed E-state index contributed by atoms with van der Waals surface area (Å²) >= 11 is 0. The van der Waals surface area contributed by atoms with E-state index >= 15 is 0 Å². The first-order valence-corrected chi connectivity index (χ1v) is 4.87. The number of likely N-dealkylation sites (tertiary alicyclic amines) is 1. The van der Waals surface area contributed by atoms with E-state index in [1.807, 2.05) is 27.7 Å². The predicted molar refractivity (Wildman–Crippen MR) is 53.2 cm³/mol. The number of amides is 1. The molecule has 0 aromatic carbocycles. The Kier molecular flexibility index (Phi) is 3.04. The van der Waals surface area contributed by atoms with Gasteiger partial charge < -0.3 is 14.4 Å². The second kappa shape index (κ2) is 3.77. The van der Waals surface area contributed by atoms with Crippen LogP contribution in [-0.4, -0.2) is 42.4 Å². The minimum atomic E-state index is -0.422. The van der Waals surface area contributed by atoms with Crippen LogP contribution in [-0.2, 0) is 9.47 Å². The Labute approximate surface area is 85.2 Å². The zero-order valence-electron chi connectivity index (χ0n) is 9.53. The van der Waals surface area contributed by atoms with Crippen LogP contribution in [0.1, 0.15) is 27.7 Å². The van der Waals surface area contributed by atoms with Gasteiger partial charge in [0.1, 0.15) is 5.60 Å². The van der Waals surface area contributed by atoms with Crippen molar-refractivity contribution < 1.29 is 14.3 Å². The third kappa shape index (κ3) is 2.38. The van der Waals surface area contributed by atoms with Crippen LogP contribution < -0.4 is 0 Å². The van der Waals surface area contributed by atoms with E-state index in [-0.39, 0.29) is 18.2 Å². The number of nitrogens with zero attached hydrogens (tertiary/aromatic N) is 1. The van der Waals surface area contributed by atoms with E-state index in [1.54, 1.807) is 12.0 Å². The van der Waals surface area contributed by atoms with Gasteiger partial charge in [-0.3, -0.25) is 0 Å². The number of hydrogen-bond donors (Lipinski definition) is 0. The third-order valence-corrected chi connectivity index (χ3v) is 2.34. The van der Waals surface area contributed by atoms with Crippen molar-refractivity contribution in [1.82, 2.24) is 4.90 Å². The van der Waals surface area contributed by atoms with E-state index in [2.05, 4.69) is 0 Å². The van der Waals surface area contributed by atoms with Crippen molar-refractivity contribution in [2.45, 2.75) is 45.4 Å². The fourth-order valence-corrected chi connectivity index (χ4v) is 1.41. The lowest BCUT2D eigenvalue weighted by molar-refractivity contribution is -0.0811. The van der Waals surface area contributed by atoms with Crippen LogP contribution >= 0.6 is 0 Å². The Balaban J connectivity index is 2.42. The molecule has 1 saturated heterocycles. The van der Waals surface area contributed by atoms with Crippen molar-refractivity contribution in [1.29, 1.82) is 0 Å². The molecule has 1 heterocycles. The molecule has 1 aliphatic heterocycles. The van der Waals surface area contributed by atoms with Crippen LogP contribution in [0.5, 0.6) is 0 Å². The molecule has 0 aromatic rings. The fourth-order valence-electron chi connectivity index (χ4n) is 1.41. The monoisotopic (exact) mass is 201 g/mol. The average Bonchev–Trinajstić information content (AvgIpc) is 1.99. The maximum absolute atomic E-state index is 11.6. The predicted octanol–water partition coefficient (Wildman–Crippen LogP) is 1.64. The van der Waals surface area contributed by atoms with Gasteiger partial charge in [-0.15, -0.1) is 0 Å². The van der Waals surface area contributed by atoms with Crippen molar-refractivity contribution in [3.8, 4) is 0 Å². The van der Waals surface area contributed by atoms with Crippen molar-refractivity contribution >= 4 is 6.09 Å². The van der Waals surface area contributed by atoms with E-state index in [0.29, 0.717) is 6.54 Å². The minimum Gasteiger partial charge on any atom is -0.444 e. The summed E-state index contributed by atoms with van der Waals surface area (Å²) in [5.74, 6) is 0. The van der Waals surface area contributed by atoms with Gasteiger partial charge in [0, 0.05) is 7.11 Å². The quantitative estimate of drug-likeness (QED) is 0.647. The smallest absolute Gasteiger partial charge is 0.410 e. The molecule has 0 unspecified atom stereocenters. The highest BCUT2D eigenvalue weighted by Crippen LogP contribution is 2.22. The maximum atomic E-state index is 11.6. The molecule has 1 amide bonds. The summed E-state index contributed by atoms with van der Waals surface area (Å²) in [6, 6.07) is 0.120. The number of methoxy groups -OCH3 is 1. The topological polar surface area (TPSA) is 38.8 Å². The summed E-state index contributed by atoms with van der Waals surface area (Å²) in [6.07, 6.45) is -0.0965. The summed E-state index contributed by atoms with van der Waals surface area (Å²) in [5, 5.41) is 0. The van der Waals surface area contributed by atoms with Gasteiger partial charge in [0.05, 0.1) is 18.7 Å². The van der Waals surface area contributed by atoms with E-state index in [4.69, 9.17) is 9.47 Å². The zero-order valence-corrected chi connectivity index (χ0v) is 9.53. The van der Waals surface area contributed by atoms with Crippen LogP contribution in [0.25, 0.3) is 0 Å². The van der Waals surface area contributed by atoms with E-state index in [9.17, 15) is 4.79 Å². The van der Waals surface area contributed by atoms with Gasteiger partial charge >= 0.3 is 6.09 Å². The first kappa shape index (κ1) is 11.3. The third-order valence-electron chi connectivity index (χ3n) is 2.34. The lowest BCUT2D eigenvalue weighted by atomic mass is 10.0. The van der Waals surface area contributed by atoms with Crippen LogP contribution in [0.3, 0.4) is 0 Å². The molecule has 1 rings (SSSR count). The van der Waals surface area contributed by atoms with Crippen molar-refractivity contribution in [3.05, 3.63) is 0 Å². The minimum absolute atomic E-state index is 0.120. The van der Waals surface area contributed by atoms with Crippen LogP contribution in [0.4, 0.5) is 4.79 Å². The Bertz CT molecular complexity index is 222. The number of ether oxygens (including phenoxy) is 2. The normalized spacial score (nSPS) is 27.1. The molecule has 1 aliphatic rings. The van der Waals surface area contributed by atoms with E-state index in [0.717, 1.165) is 0 Å². The summed E-state index contributed by atoms with van der Waals surface area (Å²) in [5.41, 5.74) is -0.422. The summed E-state index contributed by atoms with van der Waals surface area (Å²) < 4.78 is 10.4. The van der Waals surface area contributed by atoms with Gasteiger partial charge in [-0.25, -0.2) is 4.79 Å². The fraction of sp³-hybridized carbons (Fsp3) is 0.900. The molecule has 4 nitrogen and oxygen atoms in total. The Morgan fingerprint density at radius 3 is 2.36 bits per heavy atom. The Morgan fingerprint density at radius 2 is 2.00 bits per heavy atom. The van der Waals surface area contributed by atoms with Gasteiger partial charge in [0.2, 0.25) is 0 Å². The van der Waals surface area contributed by atoms with E-state index < -0.39 is 5.60 Å². The standard InChI is InChI=1S/C10H19NO3/c1-7-8(13-5)6-11(7)9(12)14-10(2,3)4/h7-8H,6H2,1-5H3/t7-,8+/m1/s1. The van der Waals surface area contributed by atoms with Gasteiger partial charge in [-0.05, 0) is 27.7 Å². The summed E-state index contributed by atoms with van der Waals surface area (Å²) in [7, 11) is 1.66. The first-order chi connectivity index (χ1) is 6.35.